The first kappa shape index (κ1) is 39.8. The molecule has 1 aliphatic carbocycles. The van der Waals surface area contributed by atoms with Gasteiger partial charge in [-0.1, -0.05) is 54.1 Å². The predicted octanol–water partition coefficient (Wildman–Crippen LogP) is 6.46. The van der Waals surface area contributed by atoms with Crippen LogP contribution in [0, 0.1) is 0 Å². The van der Waals surface area contributed by atoms with Crippen LogP contribution in [-0.2, 0) is 35.3 Å². The Morgan fingerprint density at radius 1 is 0.964 bits per heavy atom. The standard InChI is InChI=1S/C40H42ClF3N4O7/c1-53-34-17-35(31(40(42,43)44)15-23(34)19-46-21-25(49)16-37(51)52)55-33-13-11-27-26(5-3-6-28(27)33)29-7-4-8-30(38(29)41)32-12-9-22(39(48-32)54-2)18-45-20-24-10-14-36(50)47-24/h3-9,12,15,17,24-25,33,45-46,49H,10-11,13-14,16,18-21H2,1-2H3,(H,47,50)(H,51,52)/t24-,25-,33-/m0/s1. The van der Waals surface area contributed by atoms with Crippen molar-refractivity contribution in [3.63, 3.8) is 0 Å². The number of aliphatic hydroxyl groups is 1. The van der Waals surface area contributed by atoms with Crippen molar-refractivity contribution in [3.8, 4) is 39.8 Å². The van der Waals surface area contributed by atoms with Crippen LogP contribution in [-0.4, -0.2) is 66.5 Å². The number of ether oxygens (including phenoxy) is 3. The Kier molecular flexibility index (Phi) is 12.5. The average Bonchev–Trinajstić information content (AvgIpc) is 3.76. The Labute approximate surface area is 321 Å². The van der Waals surface area contributed by atoms with Crippen molar-refractivity contribution in [1.82, 2.24) is 20.9 Å². The van der Waals surface area contributed by atoms with Gasteiger partial charge < -0.3 is 40.4 Å². The third-order valence-electron chi connectivity index (χ3n) is 9.77. The Morgan fingerprint density at radius 3 is 2.42 bits per heavy atom. The summed E-state index contributed by atoms with van der Waals surface area (Å²) in [5, 5.41) is 28.3. The maximum Gasteiger partial charge on any atom is 0.419 e. The van der Waals surface area contributed by atoms with Gasteiger partial charge in [0.1, 0.15) is 17.6 Å². The molecule has 292 valence electrons. The molecule has 0 saturated carbocycles. The van der Waals surface area contributed by atoms with Crippen molar-refractivity contribution < 1.29 is 47.2 Å². The molecule has 5 N–H and O–H groups in total. The number of pyridine rings is 1. The van der Waals surface area contributed by atoms with Gasteiger partial charge in [0.05, 0.1) is 43.0 Å². The van der Waals surface area contributed by atoms with Crippen LogP contribution in [0.3, 0.4) is 0 Å². The summed E-state index contributed by atoms with van der Waals surface area (Å²) in [4.78, 5) is 27.1. The van der Waals surface area contributed by atoms with E-state index in [1.54, 1.807) is 7.11 Å². The number of nitrogens with one attached hydrogen (secondary N) is 3. The minimum absolute atomic E-state index is 0.0626. The number of aromatic nitrogens is 1. The number of fused-ring (bicyclic) bond motifs is 1. The van der Waals surface area contributed by atoms with Crippen molar-refractivity contribution in [2.24, 2.45) is 0 Å². The lowest BCUT2D eigenvalue weighted by atomic mass is 9.94. The second-order valence-corrected chi connectivity index (χ2v) is 13.9. The topological polar surface area (TPSA) is 151 Å². The van der Waals surface area contributed by atoms with E-state index in [1.807, 2.05) is 48.5 Å². The zero-order valence-corrected chi connectivity index (χ0v) is 31.0. The minimum atomic E-state index is -4.75. The first-order valence-corrected chi connectivity index (χ1v) is 18.2. The summed E-state index contributed by atoms with van der Waals surface area (Å²) in [6, 6.07) is 17.3. The second kappa shape index (κ2) is 17.3. The Hall–Kier alpha value is -4.89. The predicted molar refractivity (Wildman–Crippen MR) is 199 cm³/mol. The molecule has 1 saturated heterocycles. The number of amides is 1. The molecule has 4 aromatic rings. The van der Waals surface area contributed by atoms with Crippen LogP contribution in [0.15, 0.2) is 60.7 Å². The van der Waals surface area contributed by atoms with E-state index in [0.717, 1.165) is 40.3 Å². The fourth-order valence-electron chi connectivity index (χ4n) is 7.12. The van der Waals surface area contributed by atoms with Crippen LogP contribution in [0.25, 0.3) is 22.4 Å². The summed E-state index contributed by atoms with van der Waals surface area (Å²) in [6.07, 6.45) is -4.86. The smallest absolute Gasteiger partial charge is 0.419 e. The number of aliphatic carboxylic acids is 1. The highest BCUT2D eigenvalue weighted by molar-refractivity contribution is 6.36. The fraction of sp³-hybridized carbons (Fsp3) is 0.375. The van der Waals surface area contributed by atoms with E-state index in [0.29, 0.717) is 54.5 Å². The van der Waals surface area contributed by atoms with E-state index in [2.05, 4.69) is 16.0 Å². The van der Waals surface area contributed by atoms with Crippen LogP contribution >= 0.6 is 11.6 Å². The average molecular weight is 783 g/mol. The van der Waals surface area contributed by atoms with Gasteiger partial charge in [0, 0.05) is 67.0 Å². The van der Waals surface area contributed by atoms with Crippen LogP contribution in [0.5, 0.6) is 17.4 Å². The minimum Gasteiger partial charge on any atom is -0.496 e. The maximum absolute atomic E-state index is 14.4. The second-order valence-electron chi connectivity index (χ2n) is 13.5. The molecule has 2 heterocycles. The zero-order valence-electron chi connectivity index (χ0n) is 30.3. The molecule has 0 radical (unpaired) electrons. The largest absolute Gasteiger partial charge is 0.496 e. The first-order valence-electron chi connectivity index (χ1n) is 17.9. The molecule has 1 amide bonds. The number of hydrogen-bond acceptors (Lipinski definition) is 9. The lowest BCUT2D eigenvalue weighted by Crippen LogP contribution is -2.35. The quantitative estimate of drug-likeness (QED) is 0.0857. The van der Waals surface area contributed by atoms with Gasteiger partial charge in [-0.2, -0.15) is 13.2 Å². The number of carboxylic acid groups (broad SMARTS) is 1. The fourth-order valence-corrected chi connectivity index (χ4v) is 7.45. The Bertz CT molecular complexity index is 2050. The highest BCUT2D eigenvalue weighted by atomic mass is 35.5. The van der Waals surface area contributed by atoms with Gasteiger partial charge in [-0.15, -0.1) is 0 Å². The number of methoxy groups -OCH3 is 2. The highest BCUT2D eigenvalue weighted by Crippen LogP contribution is 2.47. The van der Waals surface area contributed by atoms with Crippen molar-refractivity contribution in [1.29, 1.82) is 0 Å². The van der Waals surface area contributed by atoms with Crippen molar-refractivity contribution in [3.05, 3.63) is 93.5 Å². The number of hydrogen-bond donors (Lipinski definition) is 5. The molecule has 2 aliphatic rings. The molecule has 11 nitrogen and oxygen atoms in total. The Balaban J connectivity index is 1.22. The molecule has 0 spiro atoms. The van der Waals surface area contributed by atoms with E-state index in [9.17, 15) is 27.9 Å². The van der Waals surface area contributed by atoms with Crippen molar-refractivity contribution >= 4 is 23.5 Å². The number of carbonyl (C=O) groups is 2. The molecule has 15 heteroatoms. The van der Waals surface area contributed by atoms with Crippen molar-refractivity contribution in [2.45, 2.75) is 69.6 Å². The Morgan fingerprint density at radius 2 is 1.71 bits per heavy atom. The lowest BCUT2D eigenvalue weighted by Gasteiger charge is -2.22. The van der Waals surface area contributed by atoms with Crippen molar-refractivity contribution in [2.75, 3.05) is 27.3 Å². The van der Waals surface area contributed by atoms with E-state index < -0.39 is 36.3 Å². The molecule has 3 aromatic carbocycles. The molecule has 6 rings (SSSR count). The molecule has 0 unspecified atom stereocenters. The van der Waals surface area contributed by atoms with Gasteiger partial charge in [-0.3, -0.25) is 9.59 Å². The number of benzene rings is 3. The molecular formula is C40H42ClF3N4O7. The van der Waals surface area contributed by atoms with E-state index in [4.69, 9.17) is 35.9 Å². The van der Waals surface area contributed by atoms with E-state index in [-0.39, 0.29) is 42.1 Å². The molecule has 1 aliphatic heterocycles. The normalized spacial score (nSPS) is 17.1. The SMILES string of the molecule is COc1cc(O[C@H]2CCc3c(-c4cccc(-c5ccc(CNC[C@@H]6CCC(=O)N6)c(OC)n5)c4Cl)cccc32)c(C(F)(F)F)cc1CNC[C@@H](O)CC(=O)O. The molecule has 3 atom stereocenters. The third-order valence-corrected chi connectivity index (χ3v) is 10.2. The number of alkyl halides is 3. The van der Waals surface area contributed by atoms with Crippen LogP contribution < -0.4 is 30.2 Å². The summed E-state index contributed by atoms with van der Waals surface area (Å²) >= 11 is 7.10. The molecular weight excluding hydrogens is 741 g/mol. The first-order chi connectivity index (χ1) is 26.4. The molecule has 55 heavy (non-hydrogen) atoms. The molecule has 1 fully saturated rings. The zero-order chi connectivity index (χ0) is 39.3. The maximum atomic E-state index is 14.4. The van der Waals surface area contributed by atoms with Gasteiger partial charge >= 0.3 is 12.1 Å². The number of carbonyl (C=O) groups excluding carboxylic acids is 1. The summed E-state index contributed by atoms with van der Waals surface area (Å²) in [7, 11) is 2.89. The van der Waals surface area contributed by atoms with Gasteiger partial charge in [0.15, 0.2) is 0 Å². The lowest BCUT2D eigenvalue weighted by molar-refractivity contribution is -0.140. The number of aliphatic hydroxyl groups excluding tert-OH is 1. The summed E-state index contributed by atoms with van der Waals surface area (Å²) < 4.78 is 60.5. The monoisotopic (exact) mass is 782 g/mol. The van der Waals surface area contributed by atoms with Gasteiger partial charge in [-0.25, -0.2) is 4.98 Å². The summed E-state index contributed by atoms with van der Waals surface area (Å²) in [5.74, 6) is -0.925. The summed E-state index contributed by atoms with van der Waals surface area (Å²) in [5.41, 5.74) is 4.56. The van der Waals surface area contributed by atoms with Crippen LogP contribution in [0.1, 0.15) is 59.6 Å². The number of carboxylic acids is 1. The van der Waals surface area contributed by atoms with Gasteiger partial charge in [-0.05, 0) is 48.1 Å². The van der Waals surface area contributed by atoms with E-state index in [1.165, 1.54) is 13.2 Å². The summed E-state index contributed by atoms with van der Waals surface area (Å²) in [6.45, 7) is 0.882. The molecule has 0 bridgehead atoms. The van der Waals surface area contributed by atoms with Gasteiger partial charge in [0.2, 0.25) is 11.8 Å². The van der Waals surface area contributed by atoms with Crippen LogP contribution in [0.2, 0.25) is 5.02 Å². The highest BCUT2D eigenvalue weighted by Gasteiger charge is 2.37. The van der Waals surface area contributed by atoms with Crippen LogP contribution in [0.4, 0.5) is 13.2 Å². The third kappa shape index (κ3) is 9.33. The number of nitrogens with zero attached hydrogens (tertiary/aromatic N) is 1. The van der Waals surface area contributed by atoms with Gasteiger partial charge in [0.25, 0.3) is 0 Å². The number of rotatable bonds is 16. The molecule has 1 aromatic heterocycles. The number of halogens is 4. The van der Waals surface area contributed by atoms with E-state index >= 15 is 0 Å².